The molecule has 3 rings (SSSR count). The molecular formula is C17H27N3O. The van der Waals surface area contributed by atoms with E-state index in [2.05, 4.69) is 28.3 Å². The number of rotatable bonds is 6. The molecule has 0 bridgehead atoms. The highest BCUT2D eigenvalue weighted by atomic mass is 16.2. The molecule has 0 aromatic carbocycles. The Morgan fingerprint density at radius 3 is 2.81 bits per heavy atom. The van der Waals surface area contributed by atoms with Crippen molar-refractivity contribution >= 4 is 5.91 Å². The molecular weight excluding hydrogens is 262 g/mol. The molecule has 21 heavy (non-hydrogen) atoms. The van der Waals surface area contributed by atoms with Crippen molar-refractivity contribution in [2.75, 3.05) is 13.1 Å². The smallest absolute Gasteiger partial charge is 0.268 e. The van der Waals surface area contributed by atoms with E-state index < -0.39 is 0 Å². The van der Waals surface area contributed by atoms with Crippen LogP contribution in [0.15, 0.2) is 18.3 Å². The van der Waals surface area contributed by atoms with Crippen LogP contribution in [0.1, 0.15) is 62.0 Å². The van der Waals surface area contributed by atoms with E-state index in [0.717, 1.165) is 50.4 Å². The minimum absolute atomic E-state index is 0.103. The molecule has 1 amide bonds. The first-order valence-electron chi connectivity index (χ1n) is 8.46. The van der Waals surface area contributed by atoms with Gasteiger partial charge < -0.3 is 15.2 Å². The summed E-state index contributed by atoms with van der Waals surface area (Å²) < 4.78 is 2.18. The molecule has 1 atom stereocenters. The maximum atomic E-state index is 12.6. The number of hydrogen-bond donors (Lipinski definition) is 2. The van der Waals surface area contributed by atoms with Crippen LogP contribution in [0.2, 0.25) is 0 Å². The van der Waals surface area contributed by atoms with Gasteiger partial charge >= 0.3 is 0 Å². The van der Waals surface area contributed by atoms with Gasteiger partial charge in [-0.3, -0.25) is 4.79 Å². The zero-order valence-corrected chi connectivity index (χ0v) is 13.0. The normalized spacial score (nSPS) is 21.2. The average molecular weight is 289 g/mol. The molecule has 2 aliphatic rings. The van der Waals surface area contributed by atoms with Gasteiger partial charge in [-0.1, -0.05) is 19.8 Å². The van der Waals surface area contributed by atoms with Crippen LogP contribution >= 0.6 is 0 Å². The van der Waals surface area contributed by atoms with E-state index in [4.69, 9.17) is 0 Å². The zero-order chi connectivity index (χ0) is 14.7. The third kappa shape index (κ3) is 3.67. The van der Waals surface area contributed by atoms with E-state index in [0.29, 0.717) is 12.1 Å². The first-order valence-corrected chi connectivity index (χ1v) is 8.46. The quantitative estimate of drug-likeness (QED) is 0.846. The van der Waals surface area contributed by atoms with Gasteiger partial charge in [-0.25, -0.2) is 0 Å². The van der Waals surface area contributed by atoms with E-state index in [1.54, 1.807) is 0 Å². The Morgan fingerprint density at radius 2 is 2.14 bits per heavy atom. The Labute approximate surface area is 127 Å². The number of piperidine rings is 1. The van der Waals surface area contributed by atoms with Gasteiger partial charge in [0.05, 0.1) is 0 Å². The predicted molar refractivity (Wildman–Crippen MR) is 84.5 cm³/mol. The lowest BCUT2D eigenvalue weighted by molar-refractivity contribution is 0.0919. The van der Waals surface area contributed by atoms with Gasteiger partial charge in [0.1, 0.15) is 5.69 Å². The number of carbonyl (C=O) groups is 1. The summed E-state index contributed by atoms with van der Waals surface area (Å²) in [6.07, 6.45) is 9.14. The van der Waals surface area contributed by atoms with Crippen LogP contribution < -0.4 is 10.6 Å². The maximum Gasteiger partial charge on any atom is 0.268 e. The molecule has 2 heterocycles. The van der Waals surface area contributed by atoms with Crippen molar-refractivity contribution in [1.29, 1.82) is 0 Å². The molecule has 2 fully saturated rings. The van der Waals surface area contributed by atoms with E-state index in [1.165, 1.54) is 12.8 Å². The van der Waals surface area contributed by atoms with Crippen LogP contribution in [0.25, 0.3) is 0 Å². The van der Waals surface area contributed by atoms with Crippen LogP contribution in [-0.2, 0) is 0 Å². The molecule has 2 N–H and O–H groups in total. The predicted octanol–water partition coefficient (Wildman–Crippen LogP) is 2.72. The fourth-order valence-corrected chi connectivity index (χ4v) is 3.33. The average Bonchev–Trinajstić information content (AvgIpc) is 3.19. The summed E-state index contributed by atoms with van der Waals surface area (Å²) in [5.41, 5.74) is 0.830. The van der Waals surface area contributed by atoms with E-state index in [9.17, 15) is 4.79 Å². The summed E-state index contributed by atoms with van der Waals surface area (Å²) in [4.78, 5) is 12.6. The lowest BCUT2D eigenvalue weighted by Crippen LogP contribution is -2.37. The summed E-state index contributed by atoms with van der Waals surface area (Å²) in [5.74, 6) is 0.956. The summed E-state index contributed by atoms with van der Waals surface area (Å²) in [6, 6.07) is 4.76. The van der Waals surface area contributed by atoms with Crippen molar-refractivity contribution in [1.82, 2.24) is 15.2 Å². The highest BCUT2D eigenvalue weighted by Gasteiger charge is 2.26. The summed E-state index contributed by atoms with van der Waals surface area (Å²) in [6.45, 7) is 4.26. The Hall–Kier alpha value is -1.29. The Kier molecular flexibility index (Phi) is 4.63. The molecule has 116 valence electrons. The molecule has 1 aromatic rings. The Balaban J connectivity index is 1.64. The fraction of sp³-hybridized carbons (Fsp3) is 0.706. The van der Waals surface area contributed by atoms with Crippen LogP contribution in [0.3, 0.4) is 0 Å². The van der Waals surface area contributed by atoms with Crippen molar-refractivity contribution in [3.05, 3.63) is 24.0 Å². The van der Waals surface area contributed by atoms with Gasteiger partial charge in [-0.05, 0) is 56.8 Å². The van der Waals surface area contributed by atoms with Gasteiger partial charge in [-0.15, -0.1) is 0 Å². The first-order chi connectivity index (χ1) is 10.3. The van der Waals surface area contributed by atoms with Gasteiger partial charge in [0.15, 0.2) is 0 Å². The molecule has 1 aliphatic heterocycles. The molecule has 4 heteroatoms. The third-order valence-electron chi connectivity index (χ3n) is 4.86. The number of nitrogens with zero attached hydrogens (tertiary/aromatic N) is 1. The first kappa shape index (κ1) is 14.6. The molecule has 0 spiro atoms. The van der Waals surface area contributed by atoms with Crippen molar-refractivity contribution in [3.8, 4) is 0 Å². The van der Waals surface area contributed by atoms with Crippen LogP contribution in [0.4, 0.5) is 0 Å². The third-order valence-corrected chi connectivity index (χ3v) is 4.86. The van der Waals surface area contributed by atoms with Crippen molar-refractivity contribution in [2.24, 2.45) is 5.92 Å². The van der Waals surface area contributed by atoms with Gasteiger partial charge in [0.2, 0.25) is 0 Å². The zero-order valence-electron chi connectivity index (χ0n) is 13.0. The Bertz CT molecular complexity index is 472. The van der Waals surface area contributed by atoms with E-state index in [-0.39, 0.29) is 5.91 Å². The molecule has 1 unspecified atom stereocenters. The van der Waals surface area contributed by atoms with Crippen molar-refractivity contribution < 1.29 is 4.79 Å². The topological polar surface area (TPSA) is 46.1 Å². The minimum atomic E-state index is 0.103. The standard InChI is InChI=1S/C17H27N3O/c1-2-14(12-13-5-6-13)19-17(21)16-4-3-11-20(16)15-7-9-18-10-8-15/h3-4,11,13-15,18H,2,5-10,12H2,1H3,(H,19,21). The van der Waals surface area contributed by atoms with E-state index in [1.807, 2.05) is 12.1 Å². The fourth-order valence-electron chi connectivity index (χ4n) is 3.33. The van der Waals surface area contributed by atoms with Crippen LogP contribution in [0.5, 0.6) is 0 Å². The molecule has 0 radical (unpaired) electrons. The number of amides is 1. The molecule has 1 saturated heterocycles. The van der Waals surface area contributed by atoms with Crippen LogP contribution in [-0.4, -0.2) is 29.6 Å². The molecule has 1 saturated carbocycles. The number of aromatic nitrogens is 1. The molecule has 1 aromatic heterocycles. The van der Waals surface area contributed by atoms with Crippen molar-refractivity contribution in [3.63, 3.8) is 0 Å². The van der Waals surface area contributed by atoms with Gasteiger partial charge in [-0.2, -0.15) is 0 Å². The highest BCUT2D eigenvalue weighted by molar-refractivity contribution is 5.93. The second-order valence-corrected chi connectivity index (χ2v) is 6.54. The largest absolute Gasteiger partial charge is 0.348 e. The SMILES string of the molecule is CCC(CC1CC1)NC(=O)c1cccn1C1CCNCC1. The Morgan fingerprint density at radius 1 is 1.38 bits per heavy atom. The second-order valence-electron chi connectivity index (χ2n) is 6.54. The van der Waals surface area contributed by atoms with Crippen LogP contribution in [0, 0.1) is 5.92 Å². The molecule has 1 aliphatic carbocycles. The maximum absolute atomic E-state index is 12.6. The number of nitrogens with one attached hydrogen (secondary N) is 2. The summed E-state index contributed by atoms with van der Waals surface area (Å²) >= 11 is 0. The summed E-state index contributed by atoms with van der Waals surface area (Å²) in [5, 5.41) is 6.63. The van der Waals surface area contributed by atoms with Gasteiger partial charge in [0.25, 0.3) is 5.91 Å². The van der Waals surface area contributed by atoms with E-state index >= 15 is 0 Å². The minimum Gasteiger partial charge on any atom is -0.348 e. The number of hydrogen-bond acceptors (Lipinski definition) is 2. The van der Waals surface area contributed by atoms with Crippen molar-refractivity contribution in [2.45, 2.75) is 57.5 Å². The molecule has 4 nitrogen and oxygen atoms in total. The highest BCUT2D eigenvalue weighted by Crippen LogP contribution is 2.34. The second kappa shape index (κ2) is 6.65. The van der Waals surface area contributed by atoms with Gasteiger partial charge in [0, 0.05) is 18.3 Å². The lowest BCUT2D eigenvalue weighted by Gasteiger charge is -2.26. The monoisotopic (exact) mass is 289 g/mol. The summed E-state index contributed by atoms with van der Waals surface area (Å²) in [7, 11) is 0. The lowest BCUT2D eigenvalue weighted by atomic mass is 10.1. The number of carbonyl (C=O) groups excluding carboxylic acids is 1.